The van der Waals surface area contributed by atoms with E-state index in [9.17, 15) is 20.0 Å². The van der Waals surface area contributed by atoms with E-state index in [-0.39, 0.29) is 24.1 Å². The summed E-state index contributed by atoms with van der Waals surface area (Å²) >= 11 is 0. The second kappa shape index (κ2) is 13.3. The van der Waals surface area contributed by atoms with E-state index < -0.39 is 17.7 Å². The van der Waals surface area contributed by atoms with E-state index in [0.717, 1.165) is 85.1 Å². The first-order valence-electron chi connectivity index (χ1n) is 15.0. The molecule has 2 aromatic carbocycles. The van der Waals surface area contributed by atoms with Gasteiger partial charge in [0.1, 0.15) is 11.2 Å². The maximum Gasteiger partial charge on any atom is 0.419 e. The zero-order valence-corrected chi connectivity index (χ0v) is 26.9. The average molecular weight is 621 g/mol. The molecule has 9 nitrogen and oxygen atoms in total. The number of nitriles is 1. The SMILES string of the molecule is CC(C)c1c(C(=O)O)oc2ccc(N3CCN(CCCCc4cn(C(=O)OC(C)(C)C)c5ccc(C#N)cc45)CC3)cc12.Cl. The van der Waals surface area contributed by atoms with Gasteiger partial charge >= 0.3 is 12.1 Å². The van der Waals surface area contributed by atoms with Gasteiger partial charge in [0.2, 0.25) is 5.76 Å². The number of aryl methyl sites for hydroxylation is 1. The maximum atomic E-state index is 12.9. The van der Waals surface area contributed by atoms with Crippen molar-refractivity contribution < 1.29 is 23.8 Å². The summed E-state index contributed by atoms with van der Waals surface area (Å²) in [4.78, 5) is 29.4. The van der Waals surface area contributed by atoms with Gasteiger partial charge in [0, 0.05) is 54.4 Å². The number of ether oxygens (including phenoxy) is 1. The van der Waals surface area contributed by atoms with Gasteiger partial charge in [-0.05, 0) is 94.5 Å². The number of hydrogen-bond acceptors (Lipinski definition) is 7. The number of carbonyl (C=O) groups is 2. The molecule has 0 spiro atoms. The summed E-state index contributed by atoms with van der Waals surface area (Å²) in [6, 6.07) is 13.6. The van der Waals surface area contributed by atoms with E-state index in [1.165, 1.54) is 0 Å². The summed E-state index contributed by atoms with van der Waals surface area (Å²) in [5.41, 5.74) is 4.23. The van der Waals surface area contributed by atoms with Crippen LogP contribution in [0.1, 0.15) is 80.6 Å². The van der Waals surface area contributed by atoms with Gasteiger partial charge in [-0.2, -0.15) is 5.26 Å². The van der Waals surface area contributed by atoms with Crippen LogP contribution in [-0.4, -0.2) is 65.0 Å². The summed E-state index contributed by atoms with van der Waals surface area (Å²) in [5.74, 6) is -0.954. The smallest absolute Gasteiger partial charge is 0.419 e. The lowest BCUT2D eigenvalue weighted by atomic mass is 9.99. The monoisotopic (exact) mass is 620 g/mol. The third kappa shape index (κ3) is 7.03. The molecule has 3 heterocycles. The molecule has 0 unspecified atom stereocenters. The first kappa shape index (κ1) is 32.9. The molecule has 234 valence electrons. The second-order valence-electron chi connectivity index (χ2n) is 12.6. The molecule has 4 aromatic rings. The number of carboxylic acids is 1. The average Bonchev–Trinajstić information content (AvgIpc) is 3.53. The third-order valence-corrected chi connectivity index (χ3v) is 8.00. The van der Waals surface area contributed by atoms with Crippen LogP contribution in [-0.2, 0) is 11.2 Å². The van der Waals surface area contributed by atoms with Gasteiger partial charge in [-0.3, -0.25) is 9.47 Å². The topological polar surface area (TPSA) is 112 Å². The number of unbranched alkanes of at least 4 members (excludes halogenated alkanes) is 1. The Morgan fingerprint density at radius 2 is 1.77 bits per heavy atom. The van der Waals surface area contributed by atoms with E-state index in [1.54, 1.807) is 10.6 Å². The Bertz CT molecular complexity index is 1700. The quantitative estimate of drug-likeness (QED) is 0.202. The van der Waals surface area contributed by atoms with E-state index in [0.29, 0.717) is 11.1 Å². The highest BCUT2D eigenvalue weighted by molar-refractivity contribution is 5.97. The summed E-state index contributed by atoms with van der Waals surface area (Å²) < 4.78 is 12.8. The molecule has 1 fully saturated rings. The zero-order valence-electron chi connectivity index (χ0n) is 26.1. The van der Waals surface area contributed by atoms with E-state index >= 15 is 0 Å². The highest BCUT2D eigenvalue weighted by atomic mass is 35.5. The number of piperazine rings is 1. The maximum absolute atomic E-state index is 12.9. The lowest BCUT2D eigenvalue weighted by Crippen LogP contribution is -2.46. The molecule has 0 bridgehead atoms. The van der Waals surface area contributed by atoms with Crippen LogP contribution >= 0.6 is 12.4 Å². The number of furan rings is 1. The predicted octanol–water partition coefficient (Wildman–Crippen LogP) is 7.43. The largest absolute Gasteiger partial charge is 0.475 e. The summed E-state index contributed by atoms with van der Waals surface area (Å²) in [7, 11) is 0. The first-order valence-corrected chi connectivity index (χ1v) is 15.0. The second-order valence-corrected chi connectivity index (χ2v) is 12.6. The lowest BCUT2D eigenvalue weighted by molar-refractivity contribution is 0.0543. The van der Waals surface area contributed by atoms with Crippen molar-refractivity contribution in [3.63, 3.8) is 0 Å². The van der Waals surface area contributed by atoms with Crippen molar-refractivity contribution in [2.75, 3.05) is 37.6 Å². The van der Waals surface area contributed by atoms with Crippen LogP contribution in [0, 0.1) is 11.3 Å². The molecule has 0 amide bonds. The molecule has 0 atom stereocenters. The molecule has 1 aliphatic rings. The number of rotatable bonds is 8. The first-order chi connectivity index (χ1) is 20.4. The summed E-state index contributed by atoms with van der Waals surface area (Å²) in [6.07, 6.45) is 4.24. The Morgan fingerprint density at radius 1 is 1.05 bits per heavy atom. The van der Waals surface area contributed by atoms with Gasteiger partial charge < -0.3 is 19.2 Å². The Kier molecular flexibility index (Phi) is 9.97. The number of carbonyl (C=O) groups excluding carboxylic acids is 1. The minimum atomic E-state index is -1.03. The molecule has 0 saturated carbocycles. The number of halogens is 1. The molecule has 0 radical (unpaired) electrons. The van der Waals surface area contributed by atoms with Crippen molar-refractivity contribution in [1.82, 2.24) is 9.47 Å². The molecule has 1 saturated heterocycles. The Labute approximate surface area is 264 Å². The third-order valence-electron chi connectivity index (χ3n) is 8.00. The molecule has 44 heavy (non-hydrogen) atoms. The van der Waals surface area contributed by atoms with Crippen molar-refractivity contribution in [2.45, 2.75) is 65.4 Å². The fourth-order valence-corrected chi connectivity index (χ4v) is 5.94. The van der Waals surface area contributed by atoms with Crippen LogP contribution in [0.2, 0.25) is 0 Å². The number of aromatic carboxylic acids is 1. The van der Waals surface area contributed by atoms with Crippen LogP contribution in [0.25, 0.3) is 21.9 Å². The number of aromatic nitrogens is 1. The van der Waals surface area contributed by atoms with Crippen molar-refractivity contribution in [3.8, 4) is 6.07 Å². The van der Waals surface area contributed by atoms with Gasteiger partial charge in [-0.1, -0.05) is 13.8 Å². The van der Waals surface area contributed by atoms with E-state index in [1.807, 2.05) is 65.1 Å². The van der Waals surface area contributed by atoms with Gasteiger partial charge in [0.05, 0.1) is 17.1 Å². The number of fused-ring (bicyclic) bond motifs is 2. The van der Waals surface area contributed by atoms with Crippen molar-refractivity contribution in [1.29, 1.82) is 5.26 Å². The number of benzene rings is 2. The Balaban J connectivity index is 0.00000442. The fraction of sp³-hybridized carbons (Fsp3) is 0.441. The van der Waals surface area contributed by atoms with Gasteiger partial charge in [0.25, 0.3) is 0 Å². The Morgan fingerprint density at radius 3 is 2.41 bits per heavy atom. The van der Waals surface area contributed by atoms with Crippen molar-refractivity contribution in [2.24, 2.45) is 0 Å². The molecule has 1 N–H and O–H groups in total. The fourth-order valence-electron chi connectivity index (χ4n) is 5.94. The van der Waals surface area contributed by atoms with Crippen LogP contribution < -0.4 is 4.90 Å². The molecular formula is C34H41ClN4O5. The molecule has 1 aliphatic heterocycles. The standard InChI is InChI=1S/C34H40N4O5.ClH/c1-22(2)30-27-19-25(10-12-29(27)42-31(30)32(39)40)37-16-14-36(15-17-37)13-7-6-8-24-21-38(33(41)43-34(3,4)5)28-11-9-23(20-35)18-26(24)28;/h9-12,18-19,21-22H,6-8,13-17H2,1-5H3,(H,39,40);1H. The minimum Gasteiger partial charge on any atom is -0.475 e. The number of nitrogens with zero attached hydrogens (tertiary/aromatic N) is 4. The van der Waals surface area contributed by atoms with Gasteiger partial charge in [0.15, 0.2) is 0 Å². The highest BCUT2D eigenvalue weighted by Gasteiger charge is 2.25. The predicted molar refractivity (Wildman–Crippen MR) is 174 cm³/mol. The number of hydrogen-bond donors (Lipinski definition) is 1. The summed E-state index contributed by atoms with van der Waals surface area (Å²) in [6.45, 7) is 14.2. The van der Waals surface area contributed by atoms with E-state index in [2.05, 4.69) is 21.9 Å². The van der Waals surface area contributed by atoms with Crippen molar-refractivity contribution >= 4 is 52.0 Å². The van der Waals surface area contributed by atoms with Gasteiger partial charge in [-0.15, -0.1) is 12.4 Å². The summed E-state index contributed by atoms with van der Waals surface area (Å²) in [5, 5.41) is 20.8. The zero-order chi connectivity index (χ0) is 30.9. The number of carboxylic acid groups (broad SMARTS) is 1. The molecule has 0 aliphatic carbocycles. The molecule has 10 heteroatoms. The molecular weight excluding hydrogens is 580 g/mol. The Hall–Kier alpha value is -4.00. The van der Waals surface area contributed by atoms with Crippen LogP contribution in [0.5, 0.6) is 0 Å². The highest BCUT2D eigenvalue weighted by Crippen LogP contribution is 2.35. The normalized spacial score (nSPS) is 14.2. The molecule has 2 aromatic heterocycles. The van der Waals surface area contributed by atoms with Crippen LogP contribution in [0.4, 0.5) is 10.5 Å². The molecule has 5 rings (SSSR count). The number of anilines is 1. The van der Waals surface area contributed by atoms with Crippen molar-refractivity contribution in [3.05, 3.63) is 65.0 Å². The van der Waals surface area contributed by atoms with Crippen LogP contribution in [0.15, 0.2) is 47.0 Å². The van der Waals surface area contributed by atoms with Gasteiger partial charge in [-0.25, -0.2) is 9.59 Å². The van der Waals surface area contributed by atoms with E-state index in [4.69, 9.17) is 9.15 Å². The minimum absolute atomic E-state index is 0. The lowest BCUT2D eigenvalue weighted by Gasteiger charge is -2.36. The van der Waals surface area contributed by atoms with Crippen LogP contribution in [0.3, 0.4) is 0 Å².